The van der Waals surface area contributed by atoms with Gasteiger partial charge in [0.1, 0.15) is 0 Å². The first-order chi connectivity index (χ1) is 11.2. The highest BCUT2D eigenvalue weighted by Gasteiger charge is 2.28. The fourth-order valence-corrected chi connectivity index (χ4v) is 3.64. The lowest BCUT2D eigenvalue weighted by atomic mass is 9.72. The van der Waals surface area contributed by atoms with Gasteiger partial charge in [-0.2, -0.15) is 0 Å². The minimum absolute atomic E-state index is 0.0837. The van der Waals surface area contributed by atoms with Crippen molar-refractivity contribution in [3.63, 3.8) is 0 Å². The molecule has 0 fully saturated rings. The van der Waals surface area contributed by atoms with Crippen LogP contribution in [-0.2, 0) is 0 Å². The van der Waals surface area contributed by atoms with E-state index in [0.717, 1.165) is 19.3 Å². The van der Waals surface area contributed by atoms with Gasteiger partial charge in [0.2, 0.25) is 0 Å². The molecule has 2 aliphatic carbocycles. The lowest BCUT2D eigenvalue weighted by molar-refractivity contribution is 0.463. The maximum Gasteiger partial charge on any atom is 0.0668 e. The van der Waals surface area contributed by atoms with Crippen molar-refractivity contribution in [2.75, 3.05) is 0 Å². The molecule has 2 rings (SSSR count). The predicted octanol–water partition coefficient (Wildman–Crippen LogP) is 6.17. The second kappa shape index (κ2) is 8.59. The molecule has 2 aliphatic rings. The van der Waals surface area contributed by atoms with Gasteiger partial charge in [-0.1, -0.05) is 67.5 Å². The Bertz CT molecular complexity index is 625. The van der Waals surface area contributed by atoms with E-state index in [0.29, 0.717) is 11.8 Å². The Morgan fingerprint density at radius 2 is 2.00 bits per heavy atom. The standard InChI is InChI=1S/C23H28/c1-5-12-18(4)21-15-10-11-17-23(21)20(7-3)22-16-9-8-14-19(22)13-6-2/h3,5-6,10-14,16-18,20-21H,8-9,15H2,1-2,4H3/b12-5?,13-6-. The summed E-state index contributed by atoms with van der Waals surface area (Å²) in [4.78, 5) is 0. The van der Waals surface area contributed by atoms with Gasteiger partial charge in [-0.15, -0.1) is 6.42 Å². The Morgan fingerprint density at radius 1 is 1.22 bits per heavy atom. The van der Waals surface area contributed by atoms with Crippen LogP contribution in [-0.4, -0.2) is 0 Å². The molecular formula is C23H28. The molecule has 0 N–H and O–H groups in total. The Balaban J connectivity index is 2.37. The zero-order chi connectivity index (χ0) is 16.7. The van der Waals surface area contributed by atoms with Gasteiger partial charge in [0, 0.05) is 0 Å². The first-order valence-corrected chi connectivity index (χ1v) is 8.71. The molecule has 0 aromatic carbocycles. The lowest BCUT2D eigenvalue weighted by Gasteiger charge is -2.31. The number of hydrogen-bond acceptors (Lipinski definition) is 0. The lowest BCUT2D eigenvalue weighted by Crippen LogP contribution is -2.21. The first-order valence-electron chi connectivity index (χ1n) is 8.71. The third-order valence-corrected chi connectivity index (χ3v) is 4.76. The molecule has 0 aliphatic heterocycles. The highest BCUT2D eigenvalue weighted by atomic mass is 14.3. The molecule has 0 heteroatoms. The van der Waals surface area contributed by atoms with E-state index in [1.54, 1.807) is 0 Å². The molecule has 0 amide bonds. The van der Waals surface area contributed by atoms with Crippen LogP contribution >= 0.6 is 0 Å². The van der Waals surface area contributed by atoms with E-state index in [1.165, 1.54) is 16.7 Å². The van der Waals surface area contributed by atoms with Crippen molar-refractivity contribution in [1.29, 1.82) is 0 Å². The third-order valence-electron chi connectivity index (χ3n) is 4.76. The van der Waals surface area contributed by atoms with Crippen LogP contribution in [0.15, 0.2) is 71.4 Å². The summed E-state index contributed by atoms with van der Waals surface area (Å²) >= 11 is 0. The highest BCUT2D eigenvalue weighted by Crippen LogP contribution is 2.39. The average Bonchev–Trinajstić information content (AvgIpc) is 2.58. The quantitative estimate of drug-likeness (QED) is 0.420. The molecule has 0 aromatic rings. The summed E-state index contributed by atoms with van der Waals surface area (Å²) in [7, 11) is 0. The number of hydrogen-bond donors (Lipinski definition) is 0. The molecule has 0 bridgehead atoms. The summed E-state index contributed by atoms with van der Waals surface area (Å²) in [6.07, 6.45) is 29.4. The molecule has 0 heterocycles. The summed E-state index contributed by atoms with van der Waals surface area (Å²) in [5, 5.41) is 0. The van der Waals surface area contributed by atoms with Gasteiger partial charge in [0.25, 0.3) is 0 Å². The molecule has 120 valence electrons. The topological polar surface area (TPSA) is 0 Å². The molecule has 0 spiro atoms. The number of terminal acetylenes is 1. The molecule has 3 atom stereocenters. The predicted molar refractivity (Wildman–Crippen MR) is 102 cm³/mol. The third kappa shape index (κ3) is 4.05. The molecule has 0 aromatic heterocycles. The SMILES string of the molecule is C#CC(C1=CCCC=C1/C=C\C)C1=CC=CCC1C(C)C=CC. The Morgan fingerprint density at radius 3 is 2.70 bits per heavy atom. The van der Waals surface area contributed by atoms with Crippen LogP contribution in [0.25, 0.3) is 0 Å². The van der Waals surface area contributed by atoms with E-state index in [4.69, 9.17) is 6.42 Å². The van der Waals surface area contributed by atoms with Crippen LogP contribution in [0.4, 0.5) is 0 Å². The van der Waals surface area contributed by atoms with Gasteiger partial charge < -0.3 is 0 Å². The highest BCUT2D eigenvalue weighted by molar-refractivity contribution is 5.50. The van der Waals surface area contributed by atoms with Gasteiger partial charge in [-0.3, -0.25) is 0 Å². The van der Waals surface area contributed by atoms with Crippen LogP contribution in [0.3, 0.4) is 0 Å². The van der Waals surface area contributed by atoms with Crippen LogP contribution in [0.2, 0.25) is 0 Å². The second-order valence-corrected chi connectivity index (χ2v) is 6.32. The molecular weight excluding hydrogens is 276 g/mol. The van der Waals surface area contributed by atoms with Crippen LogP contribution < -0.4 is 0 Å². The smallest absolute Gasteiger partial charge is 0.0668 e. The van der Waals surface area contributed by atoms with E-state index in [2.05, 4.69) is 81.4 Å². The van der Waals surface area contributed by atoms with Crippen molar-refractivity contribution in [2.45, 2.75) is 40.0 Å². The van der Waals surface area contributed by atoms with Crippen molar-refractivity contribution in [3.8, 4) is 12.3 Å². The number of rotatable bonds is 5. The maximum absolute atomic E-state index is 6.00. The second-order valence-electron chi connectivity index (χ2n) is 6.32. The number of allylic oxidation sites excluding steroid dienone is 12. The molecule has 23 heavy (non-hydrogen) atoms. The largest absolute Gasteiger partial charge is 0.119 e. The molecule has 0 radical (unpaired) electrons. The van der Waals surface area contributed by atoms with E-state index in [-0.39, 0.29) is 5.92 Å². The van der Waals surface area contributed by atoms with Crippen molar-refractivity contribution in [1.82, 2.24) is 0 Å². The van der Waals surface area contributed by atoms with Gasteiger partial charge in [0.15, 0.2) is 0 Å². The summed E-state index contributed by atoms with van der Waals surface area (Å²) in [6, 6.07) is 0. The minimum atomic E-state index is 0.0837. The van der Waals surface area contributed by atoms with E-state index in [9.17, 15) is 0 Å². The van der Waals surface area contributed by atoms with E-state index >= 15 is 0 Å². The fraction of sp³-hybridized carbons (Fsp3) is 0.391. The maximum atomic E-state index is 6.00. The van der Waals surface area contributed by atoms with Crippen molar-refractivity contribution >= 4 is 0 Å². The Kier molecular flexibility index (Phi) is 6.48. The molecule has 0 saturated carbocycles. The Hall–Kier alpha value is -2.00. The summed E-state index contributed by atoms with van der Waals surface area (Å²) in [6.45, 7) is 6.45. The summed E-state index contributed by atoms with van der Waals surface area (Å²) in [5.74, 6) is 4.17. The monoisotopic (exact) mass is 304 g/mol. The van der Waals surface area contributed by atoms with E-state index in [1.807, 2.05) is 0 Å². The summed E-state index contributed by atoms with van der Waals surface area (Å²) < 4.78 is 0. The zero-order valence-electron chi connectivity index (χ0n) is 14.6. The molecule has 0 saturated heterocycles. The van der Waals surface area contributed by atoms with Gasteiger partial charge in [-0.25, -0.2) is 0 Å². The molecule has 3 unspecified atom stereocenters. The minimum Gasteiger partial charge on any atom is -0.119 e. The van der Waals surface area contributed by atoms with Gasteiger partial charge in [0.05, 0.1) is 5.92 Å². The normalized spacial score (nSPS) is 24.1. The van der Waals surface area contributed by atoms with Crippen LogP contribution in [0.1, 0.15) is 40.0 Å². The van der Waals surface area contributed by atoms with Gasteiger partial charge in [-0.05, 0) is 61.7 Å². The van der Waals surface area contributed by atoms with Crippen LogP contribution in [0, 0.1) is 30.1 Å². The van der Waals surface area contributed by atoms with Crippen molar-refractivity contribution in [2.24, 2.45) is 17.8 Å². The van der Waals surface area contributed by atoms with Crippen LogP contribution in [0.5, 0.6) is 0 Å². The fourth-order valence-electron chi connectivity index (χ4n) is 3.64. The van der Waals surface area contributed by atoms with Crippen molar-refractivity contribution < 1.29 is 0 Å². The zero-order valence-corrected chi connectivity index (χ0v) is 14.6. The first kappa shape index (κ1) is 17.4. The van der Waals surface area contributed by atoms with Crippen molar-refractivity contribution in [3.05, 3.63) is 71.4 Å². The molecule has 0 nitrogen and oxygen atoms in total. The summed E-state index contributed by atoms with van der Waals surface area (Å²) in [5.41, 5.74) is 4.01. The van der Waals surface area contributed by atoms with Gasteiger partial charge >= 0.3 is 0 Å². The Labute approximate surface area is 142 Å². The van der Waals surface area contributed by atoms with E-state index < -0.39 is 0 Å². The average molecular weight is 304 g/mol.